The zero-order chi connectivity index (χ0) is 20.3. The maximum atomic E-state index is 13.1. The summed E-state index contributed by atoms with van der Waals surface area (Å²) in [6.07, 6.45) is 0.541. The molecular weight excluding hydrogens is 381 g/mol. The Kier molecular flexibility index (Phi) is 6.60. The number of rotatable bonds is 6. The van der Waals surface area contributed by atoms with Crippen LogP contribution in [-0.4, -0.2) is 80.9 Å². The number of anilines is 1. The quantitative estimate of drug-likeness (QED) is 0.712. The second-order valence-corrected chi connectivity index (χ2v) is 10.5. The molecule has 2 heterocycles. The predicted octanol–water partition coefficient (Wildman–Crippen LogP) is 1.62. The van der Waals surface area contributed by atoms with Gasteiger partial charge in [0.2, 0.25) is 5.91 Å². The van der Waals surface area contributed by atoms with Gasteiger partial charge < -0.3 is 9.80 Å². The Morgan fingerprint density at radius 2 is 1.82 bits per heavy atom. The van der Waals surface area contributed by atoms with E-state index in [0.29, 0.717) is 25.4 Å². The lowest BCUT2D eigenvalue weighted by molar-refractivity contribution is -0.135. The van der Waals surface area contributed by atoms with E-state index in [9.17, 15) is 17.6 Å². The summed E-state index contributed by atoms with van der Waals surface area (Å²) >= 11 is 0. The van der Waals surface area contributed by atoms with Crippen LogP contribution in [0.1, 0.15) is 20.3 Å². The lowest BCUT2D eigenvalue weighted by atomic mass is 10.1. The number of sulfone groups is 1. The fraction of sp³-hybridized carbons (Fsp3) is 0.650. The highest BCUT2D eigenvalue weighted by Crippen LogP contribution is 2.20. The number of nitrogens with zero attached hydrogens (tertiary/aromatic N) is 3. The van der Waals surface area contributed by atoms with Gasteiger partial charge >= 0.3 is 0 Å². The van der Waals surface area contributed by atoms with Crippen molar-refractivity contribution in [1.82, 2.24) is 9.80 Å². The average Bonchev–Trinajstić information content (AvgIpc) is 3.00. The molecule has 0 radical (unpaired) electrons. The van der Waals surface area contributed by atoms with Crippen LogP contribution < -0.4 is 4.90 Å². The van der Waals surface area contributed by atoms with Gasteiger partial charge in [0.05, 0.1) is 18.1 Å². The Morgan fingerprint density at radius 3 is 2.36 bits per heavy atom. The maximum Gasteiger partial charge on any atom is 0.237 e. The number of carbonyl (C=O) groups excluding carboxylic acids is 1. The minimum atomic E-state index is -3.02. The molecule has 8 heteroatoms. The summed E-state index contributed by atoms with van der Waals surface area (Å²) in [5, 5.41) is 0. The van der Waals surface area contributed by atoms with Crippen LogP contribution in [0.4, 0.5) is 10.1 Å². The molecule has 0 bridgehead atoms. The molecule has 1 atom stereocenters. The largest absolute Gasteiger partial charge is 0.369 e. The molecule has 0 saturated carbocycles. The van der Waals surface area contributed by atoms with Crippen LogP contribution in [0.15, 0.2) is 24.3 Å². The fourth-order valence-corrected chi connectivity index (χ4v) is 5.70. The molecule has 28 heavy (non-hydrogen) atoms. The van der Waals surface area contributed by atoms with E-state index >= 15 is 0 Å². The molecule has 2 fully saturated rings. The van der Waals surface area contributed by atoms with E-state index in [2.05, 4.69) is 9.80 Å². The molecule has 2 aliphatic heterocycles. The molecule has 156 valence electrons. The zero-order valence-corrected chi connectivity index (χ0v) is 17.5. The van der Waals surface area contributed by atoms with E-state index in [1.807, 2.05) is 13.8 Å². The molecule has 2 saturated heterocycles. The number of halogens is 1. The third-order valence-electron chi connectivity index (χ3n) is 5.45. The van der Waals surface area contributed by atoms with Crippen molar-refractivity contribution >= 4 is 21.4 Å². The lowest BCUT2D eigenvalue weighted by Gasteiger charge is -2.37. The molecule has 0 aromatic heterocycles. The van der Waals surface area contributed by atoms with Gasteiger partial charge in [-0.1, -0.05) is 13.8 Å². The summed E-state index contributed by atoms with van der Waals surface area (Å²) in [7, 11) is -3.02. The zero-order valence-electron chi connectivity index (χ0n) is 16.7. The molecule has 0 spiro atoms. The van der Waals surface area contributed by atoms with Gasteiger partial charge in [0.15, 0.2) is 9.84 Å². The fourth-order valence-electron chi connectivity index (χ4n) is 3.97. The van der Waals surface area contributed by atoms with Crippen LogP contribution in [0, 0.1) is 11.7 Å². The normalized spacial score (nSPS) is 22.6. The summed E-state index contributed by atoms with van der Waals surface area (Å²) in [5.74, 6) is 0.334. The van der Waals surface area contributed by atoms with Gasteiger partial charge in [-0.3, -0.25) is 9.69 Å². The van der Waals surface area contributed by atoms with Crippen molar-refractivity contribution in [3.05, 3.63) is 30.1 Å². The van der Waals surface area contributed by atoms with Crippen LogP contribution in [0.25, 0.3) is 0 Å². The summed E-state index contributed by atoms with van der Waals surface area (Å²) in [4.78, 5) is 19.1. The van der Waals surface area contributed by atoms with Crippen molar-refractivity contribution in [2.45, 2.75) is 26.3 Å². The minimum absolute atomic E-state index is 0.0195. The van der Waals surface area contributed by atoms with Gasteiger partial charge in [-0.15, -0.1) is 0 Å². The van der Waals surface area contributed by atoms with Crippen LogP contribution in [0.3, 0.4) is 0 Å². The van der Waals surface area contributed by atoms with Crippen LogP contribution in [0.5, 0.6) is 0 Å². The molecule has 1 aromatic rings. The van der Waals surface area contributed by atoms with E-state index in [1.165, 1.54) is 12.1 Å². The van der Waals surface area contributed by atoms with Gasteiger partial charge in [-0.2, -0.15) is 0 Å². The average molecular weight is 412 g/mol. The first-order valence-corrected chi connectivity index (χ1v) is 11.8. The second kappa shape index (κ2) is 8.78. The number of carbonyl (C=O) groups is 1. The van der Waals surface area contributed by atoms with Crippen molar-refractivity contribution < 1.29 is 17.6 Å². The van der Waals surface area contributed by atoms with E-state index in [1.54, 1.807) is 17.0 Å². The molecule has 0 aliphatic carbocycles. The van der Waals surface area contributed by atoms with Gasteiger partial charge in [-0.05, 0) is 36.6 Å². The first-order valence-electron chi connectivity index (χ1n) is 9.96. The van der Waals surface area contributed by atoms with E-state index in [4.69, 9.17) is 0 Å². The summed E-state index contributed by atoms with van der Waals surface area (Å²) in [6, 6.07) is 6.29. The standard InChI is InChI=1S/C20H30FN3O3S/c1-16(2)13-24(19-7-12-28(26,27)15-19)20(25)14-22-8-10-23(11-9-22)18-5-3-17(21)4-6-18/h3-6,16,19H,7-15H2,1-2H3. The topological polar surface area (TPSA) is 60.9 Å². The van der Waals surface area contributed by atoms with E-state index in [0.717, 1.165) is 31.9 Å². The van der Waals surface area contributed by atoms with Crippen molar-refractivity contribution in [3.63, 3.8) is 0 Å². The second-order valence-electron chi connectivity index (χ2n) is 8.24. The number of hydrogen-bond donors (Lipinski definition) is 0. The Balaban J connectivity index is 1.56. The number of benzene rings is 1. The molecule has 1 amide bonds. The van der Waals surface area contributed by atoms with Crippen molar-refractivity contribution in [3.8, 4) is 0 Å². The van der Waals surface area contributed by atoms with Crippen molar-refractivity contribution in [2.75, 3.05) is 55.7 Å². The van der Waals surface area contributed by atoms with Crippen molar-refractivity contribution in [2.24, 2.45) is 5.92 Å². The smallest absolute Gasteiger partial charge is 0.237 e. The Hall–Kier alpha value is -1.67. The summed E-state index contributed by atoms with van der Waals surface area (Å²) < 4.78 is 36.8. The number of piperazine rings is 1. The Bertz CT molecular complexity index is 774. The van der Waals surface area contributed by atoms with Crippen LogP contribution in [-0.2, 0) is 14.6 Å². The summed E-state index contributed by atoms with van der Waals surface area (Å²) in [6.45, 7) is 8.07. The predicted molar refractivity (Wildman–Crippen MR) is 109 cm³/mol. The Morgan fingerprint density at radius 1 is 1.18 bits per heavy atom. The SMILES string of the molecule is CC(C)CN(C(=O)CN1CCN(c2ccc(F)cc2)CC1)C1CCS(=O)(=O)C1. The first-order chi connectivity index (χ1) is 13.2. The van der Waals surface area contributed by atoms with Gasteiger partial charge in [0, 0.05) is 44.5 Å². The van der Waals surface area contributed by atoms with Gasteiger partial charge in [0.1, 0.15) is 5.82 Å². The highest BCUT2D eigenvalue weighted by Gasteiger charge is 2.35. The molecule has 2 aliphatic rings. The van der Waals surface area contributed by atoms with Gasteiger partial charge in [0.25, 0.3) is 0 Å². The monoisotopic (exact) mass is 411 g/mol. The van der Waals surface area contributed by atoms with E-state index < -0.39 is 9.84 Å². The number of hydrogen-bond acceptors (Lipinski definition) is 5. The first kappa shape index (κ1) is 21.0. The number of amides is 1. The Labute approximate surface area is 167 Å². The highest BCUT2D eigenvalue weighted by molar-refractivity contribution is 7.91. The molecular formula is C20H30FN3O3S. The molecule has 6 nitrogen and oxygen atoms in total. The lowest BCUT2D eigenvalue weighted by Crippen LogP contribution is -2.52. The minimum Gasteiger partial charge on any atom is -0.369 e. The maximum absolute atomic E-state index is 13.1. The van der Waals surface area contributed by atoms with E-state index in [-0.39, 0.29) is 29.3 Å². The van der Waals surface area contributed by atoms with Crippen molar-refractivity contribution in [1.29, 1.82) is 0 Å². The van der Waals surface area contributed by atoms with Crippen LogP contribution >= 0.6 is 0 Å². The van der Waals surface area contributed by atoms with Gasteiger partial charge in [-0.25, -0.2) is 12.8 Å². The third-order valence-corrected chi connectivity index (χ3v) is 7.20. The molecule has 1 aromatic carbocycles. The van der Waals surface area contributed by atoms with Crippen LogP contribution in [0.2, 0.25) is 0 Å². The highest BCUT2D eigenvalue weighted by atomic mass is 32.2. The third kappa shape index (κ3) is 5.44. The molecule has 1 unspecified atom stereocenters. The molecule has 3 rings (SSSR count). The molecule has 0 N–H and O–H groups in total. The summed E-state index contributed by atoms with van der Waals surface area (Å²) in [5.41, 5.74) is 0.991.